The van der Waals surface area contributed by atoms with Gasteiger partial charge in [-0.3, -0.25) is 14.6 Å². The van der Waals surface area contributed by atoms with Gasteiger partial charge in [0.05, 0.1) is 13.7 Å². The van der Waals surface area contributed by atoms with Gasteiger partial charge in [0, 0.05) is 31.3 Å². The highest BCUT2D eigenvalue weighted by Crippen LogP contribution is 2.16. The van der Waals surface area contributed by atoms with E-state index in [0.29, 0.717) is 24.6 Å². The number of aliphatic imine (C=N–C) groups is 1. The molecular weight excluding hydrogens is 485 g/mol. The molecule has 2 aromatic carbocycles. The first-order valence-electron chi connectivity index (χ1n) is 8.75. The fourth-order valence-corrected chi connectivity index (χ4v) is 2.48. The summed E-state index contributed by atoms with van der Waals surface area (Å²) in [4.78, 5) is 26.8. The minimum Gasteiger partial charge on any atom is -0.496 e. The number of para-hydroxylation sites is 1. The maximum atomic E-state index is 11.9. The molecule has 0 aromatic heterocycles. The van der Waals surface area contributed by atoms with Crippen molar-refractivity contribution in [2.75, 3.05) is 20.7 Å². The lowest BCUT2D eigenvalue weighted by Crippen LogP contribution is -2.36. The number of ether oxygens (including phenoxy) is 1. The van der Waals surface area contributed by atoms with Crippen molar-refractivity contribution in [3.05, 3.63) is 65.2 Å². The Labute approximate surface area is 187 Å². The summed E-state index contributed by atoms with van der Waals surface area (Å²) in [5.74, 6) is 0.540. The van der Waals surface area contributed by atoms with Gasteiger partial charge in [0.1, 0.15) is 5.75 Å². The van der Waals surface area contributed by atoms with Crippen LogP contribution in [-0.4, -0.2) is 38.5 Å². The molecule has 0 unspecified atom stereocenters. The standard InChI is InChI=1S/C20H25N5O3.HI/c1-22-20(25-12-16-5-3-4-6-17(16)28-2)24-11-14-7-9-15(10-8-14)19(27)23-13-18(21)26;/h3-10H,11-13H2,1-2H3,(H2,21,26)(H,23,27)(H2,22,24,25);1H. The molecule has 156 valence electrons. The lowest BCUT2D eigenvalue weighted by Gasteiger charge is -2.14. The average Bonchev–Trinajstić information content (AvgIpc) is 2.72. The number of methoxy groups -OCH3 is 1. The first-order valence-corrected chi connectivity index (χ1v) is 8.75. The van der Waals surface area contributed by atoms with Crippen molar-refractivity contribution in [3.8, 4) is 5.75 Å². The molecule has 5 N–H and O–H groups in total. The van der Waals surface area contributed by atoms with Crippen LogP contribution in [0.2, 0.25) is 0 Å². The first kappa shape index (κ1) is 24.2. The van der Waals surface area contributed by atoms with Crippen molar-refractivity contribution in [1.82, 2.24) is 16.0 Å². The molecule has 0 spiro atoms. The van der Waals surface area contributed by atoms with E-state index < -0.39 is 5.91 Å². The largest absolute Gasteiger partial charge is 0.496 e. The van der Waals surface area contributed by atoms with E-state index in [4.69, 9.17) is 10.5 Å². The van der Waals surface area contributed by atoms with Gasteiger partial charge >= 0.3 is 0 Å². The minimum atomic E-state index is -0.582. The zero-order chi connectivity index (χ0) is 20.4. The second kappa shape index (κ2) is 12.6. The summed E-state index contributed by atoms with van der Waals surface area (Å²) in [6.07, 6.45) is 0. The fourth-order valence-electron chi connectivity index (χ4n) is 2.48. The van der Waals surface area contributed by atoms with Crippen molar-refractivity contribution in [3.63, 3.8) is 0 Å². The van der Waals surface area contributed by atoms with Crippen molar-refractivity contribution >= 4 is 41.8 Å². The molecule has 0 saturated heterocycles. The van der Waals surface area contributed by atoms with Gasteiger partial charge < -0.3 is 26.4 Å². The van der Waals surface area contributed by atoms with E-state index in [1.165, 1.54) is 0 Å². The van der Waals surface area contributed by atoms with Crippen molar-refractivity contribution in [1.29, 1.82) is 0 Å². The molecule has 2 rings (SSSR count). The number of halogens is 1. The molecular formula is C20H26IN5O3. The Bertz CT molecular complexity index is 840. The molecule has 0 bridgehead atoms. The summed E-state index contributed by atoms with van der Waals surface area (Å²) >= 11 is 0. The Hall–Kier alpha value is -2.82. The summed E-state index contributed by atoms with van der Waals surface area (Å²) < 4.78 is 5.34. The first-order chi connectivity index (χ1) is 13.5. The average molecular weight is 511 g/mol. The van der Waals surface area contributed by atoms with E-state index in [0.717, 1.165) is 16.9 Å². The molecule has 2 amide bonds. The topological polar surface area (TPSA) is 118 Å². The smallest absolute Gasteiger partial charge is 0.251 e. The molecule has 0 fully saturated rings. The highest BCUT2D eigenvalue weighted by atomic mass is 127. The molecule has 0 atom stereocenters. The molecule has 0 heterocycles. The second-order valence-corrected chi connectivity index (χ2v) is 5.94. The highest BCUT2D eigenvalue weighted by Gasteiger charge is 2.07. The van der Waals surface area contributed by atoms with Gasteiger partial charge in [0.25, 0.3) is 5.91 Å². The maximum Gasteiger partial charge on any atom is 0.251 e. The Morgan fingerprint density at radius 2 is 1.66 bits per heavy atom. The number of nitrogens with zero attached hydrogens (tertiary/aromatic N) is 1. The number of hydrogen-bond acceptors (Lipinski definition) is 4. The molecule has 0 radical (unpaired) electrons. The predicted octanol–water partition coefficient (Wildman–Crippen LogP) is 1.39. The number of rotatable bonds is 8. The van der Waals surface area contributed by atoms with Crippen LogP contribution in [-0.2, 0) is 17.9 Å². The van der Waals surface area contributed by atoms with E-state index >= 15 is 0 Å². The van der Waals surface area contributed by atoms with Crippen LogP contribution in [0.25, 0.3) is 0 Å². The van der Waals surface area contributed by atoms with Gasteiger partial charge in [-0.1, -0.05) is 30.3 Å². The molecule has 2 aromatic rings. The highest BCUT2D eigenvalue weighted by molar-refractivity contribution is 14.0. The van der Waals surface area contributed by atoms with E-state index in [1.807, 2.05) is 36.4 Å². The number of nitrogens with one attached hydrogen (secondary N) is 3. The number of carbonyl (C=O) groups is 2. The minimum absolute atomic E-state index is 0. The predicted molar refractivity (Wildman–Crippen MR) is 123 cm³/mol. The van der Waals surface area contributed by atoms with Crippen molar-refractivity contribution < 1.29 is 14.3 Å². The maximum absolute atomic E-state index is 11.9. The second-order valence-electron chi connectivity index (χ2n) is 5.94. The van der Waals surface area contributed by atoms with Crippen LogP contribution in [0.15, 0.2) is 53.5 Å². The third-order valence-corrected chi connectivity index (χ3v) is 3.96. The zero-order valence-corrected chi connectivity index (χ0v) is 18.7. The van der Waals surface area contributed by atoms with Crippen LogP contribution < -0.4 is 26.4 Å². The summed E-state index contributed by atoms with van der Waals surface area (Å²) in [7, 11) is 3.34. The number of primary amides is 1. The van der Waals surface area contributed by atoms with E-state index in [1.54, 1.807) is 26.3 Å². The van der Waals surface area contributed by atoms with Crippen LogP contribution in [0.1, 0.15) is 21.5 Å². The Balaban J connectivity index is 0.00000420. The van der Waals surface area contributed by atoms with Gasteiger partial charge in [-0.25, -0.2) is 0 Å². The zero-order valence-electron chi connectivity index (χ0n) is 16.4. The van der Waals surface area contributed by atoms with E-state index in [2.05, 4.69) is 20.9 Å². The molecule has 29 heavy (non-hydrogen) atoms. The molecule has 0 aliphatic heterocycles. The Kier molecular flexibility index (Phi) is 10.5. The normalized spacial score (nSPS) is 10.5. The van der Waals surface area contributed by atoms with Crippen LogP contribution in [0.3, 0.4) is 0 Å². The van der Waals surface area contributed by atoms with Crippen molar-refractivity contribution in [2.24, 2.45) is 10.7 Å². The third-order valence-electron chi connectivity index (χ3n) is 3.96. The monoisotopic (exact) mass is 511 g/mol. The molecule has 0 saturated carbocycles. The molecule has 0 aliphatic carbocycles. The molecule has 8 nitrogen and oxygen atoms in total. The number of hydrogen-bond donors (Lipinski definition) is 4. The number of benzene rings is 2. The summed E-state index contributed by atoms with van der Waals surface area (Å²) in [6.45, 7) is 0.924. The van der Waals surface area contributed by atoms with Gasteiger partial charge in [-0.05, 0) is 23.8 Å². The van der Waals surface area contributed by atoms with Gasteiger partial charge in [-0.2, -0.15) is 0 Å². The number of amides is 2. The molecule has 0 aliphatic rings. The summed E-state index contributed by atoms with van der Waals surface area (Å²) in [5.41, 5.74) is 7.48. The number of nitrogens with two attached hydrogens (primary N) is 1. The van der Waals surface area contributed by atoms with Gasteiger partial charge in [0.2, 0.25) is 5.91 Å². The van der Waals surface area contributed by atoms with Crippen LogP contribution in [0, 0.1) is 0 Å². The summed E-state index contributed by atoms with van der Waals surface area (Å²) in [6, 6.07) is 14.8. The number of guanidine groups is 1. The Morgan fingerprint density at radius 1 is 1.00 bits per heavy atom. The van der Waals surface area contributed by atoms with Gasteiger partial charge in [-0.15, -0.1) is 24.0 Å². The van der Waals surface area contributed by atoms with E-state index in [-0.39, 0.29) is 36.4 Å². The molecule has 9 heteroatoms. The quantitative estimate of drug-likeness (QED) is 0.243. The van der Waals surface area contributed by atoms with Crippen molar-refractivity contribution in [2.45, 2.75) is 13.1 Å². The van der Waals surface area contributed by atoms with E-state index in [9.17, 15) is 9.59 Å². The number of carbonyl (C=O) groups excluding carboxylic acids is 2. The van der Waals surface area contributed by atoms with Gasteiger partial charge in [0.15, 0.2) is 5.96 Å². The lowest BCUT2D eigenvalue weighted by atomic mass is 10.1. The SMILES string of the molecule is CN=C(NCc1ccc(C(=O)NCC(N)=O)cc1)NCc1ccccc1OC.I. The Morgan fingerprint density at radius 3 is 2.28 bits per heavy atom. The fraction of sp³-hybridized carbons (Fsp3) is 0.250. The van der Waals surface area contributed by atoms with Crippen LogP contribution >= 0.6 is 24.0 Å². The summed E-state index contributed by atoms with van der Waals surface area (Å²) in [5, 5.41) is 8.91. The van der Waals surface area contributed by atoms with Crippen LogP contribution in [0.5, 0.6) is 5.75 Å². The van der Waals surface area contributed by atoms with Crippen LogP contribution in [0.4, 0.5) is 0 Å². The third kappa shape index (κ3) is 7.98. The lowest BCUT2D eigenvalue weighted by molar-refractivity contribution is -0.117.